The van der Waals surface area contributed by atoms with E-state index >= 15 is 0 Å². The summed E-state index contributed by atoms with van der Waals surface area (Å²) >= 11 is 1.49. The molecule has 2 N–H and O–H groups in total. The van der Waals surface area contributed by atoms with E-state index in [0.717, 1.165) is 5.69 Å². The van der Waals surface area contributed by atoms with E-state index in [-0.39, 0.29) is 18.4 Å². The Kier molecular flexibility index (Phi) is 5.61. The van der Waals surface area contributed by atoms with Crippen LogP contribution in [0.2, 0.25) is 0 Å². The van der Waals surface area contributed by atoms with Crippen molar-refractivity contribution in [1.82, 2.24) is 4.98 Å². The minimum atomic E-state index is -0.579. The van der Waals surface area contributed by atoms with Gasteiger partial charge in [-0.1, -0.05) is 0 Å². The summed E-state index contributed by atoms with van der Waals surface area (Å²) in [7, 11) is 0. The highest BCUT2D eigenvalue weighted by Crippen LogP contribution is 2.03. The molecular formula is C7H11ClN2O2S. The van der Waals surface area contributed by atoms with Gasteiger partial charge in [0.1, 0.15) is 0 Å². The van der Waals surface area contributed by atoms with Gasteiger partial charge >= 0.3 is 5.97 Å². The summed E-state index contributed by atoms with van der Waals surface area (Å²) in [6.45, 7) is 1.33. The Hall–Kier alpha value is -0.650. The van der Waals surface area contributed by atoms with Crippen molar-refractivity contribution in [3.8, 4) is 0 Å². The number of halogens is 1. The highest BCUT2D eigenvalue weighted by Gasteiger charge is 2.07. The molecule has 0 aliphatic rings. The molecule has 0 saturated carbocycles. The minimum absolute atomic E-state index is 0. The van der Waals surface area contributed by atoms with Crippen molar-refractivity contribution in [2.24, 2.45) is 5.73 Å². The molecule has 1 aromatic rings. The van der Waals surface area contributed by atoms with Gasteiger partial charge in [-0.2, -0.15) is 0 Å². The number of hydrogen-bond donors (Lipinski definition) is 1. The first-order valence-electron chi connectivity index (χ1n) is 3.48. The standard InChI is InChI=1S/C7H10N2O2S.ClH/c1-5(10)11-7(8)2-6-3-12-4-9-6;/h3-4,7H,2,8H2,1H3;1H. The largest absolute Gasteiger partial charge is 0.447 e. The quantitative estimate of drug-likeness (QED) is 0.611. The maximum absolute atomic E-state index is 10.5. The van der Waals surface area contributed by atoms with Gasteiger partial charge in [0.05, 0.1) is 11.2 Å². The fraction of sp³-hybridized carbons (Fsp3) is 0.429. The first-order chi connectivity index (χ1) is 5.68. The Labute approximate surface area is 86.5 Å². The molecule has 0 aromatic carbocycles. The summed E-state index contributed by atoms with van der Waals surface area (Å²) < 4.78 is 4.73. The van der Waals surface area contributed by atoms with Crippen molar-refractivity contribution in [3.05, 3.63) is 16.6 Å². The topological polar surface area (TPSA) is 65.2 Å². The number of aromatic nitrogens is 1. The Morgan fingerprint density at radius 3 is 3.00 bits per heavy atom. The molecule has 0 bridgehead atoms. The molecule has 0 aliphatic heterocycles. The molecule has 0 spiro atoms. The van der Waals surface area contributed by atoms with Crippen LogP contribution in [-0.2, 0) is 16.0 Å². The van der Waals surface area contributed by atoms with Gasteiger partial charge in [0.25, 0.3) is 0 Å². The number of hydrogen-bond acceptors (Lipinski definition) is 5. The molecule has 1 atom stereocenters. The van der Waals surface area contributed by atoms with Crippen LogP contribution < -0.4 is 5.73 Å². The minimum Gasteiger partial charge on any atom is -0.447 e. The molecular weight excluding hydrogens is 212 g/mol. The van der Waals surface area contributed by atoms with Crippen LogP contribution in [0.5, 0.6) is 0 Å². The number of carbonyl (C=O) groups is 1. The number of nitrogens with two attached hydrogens (primary N) is 1. The second-order valence-electron chi connectivity index (χ2n) is 2.33. The van der Waals surface area contributed by atoms with Gasteiger partial charge in [0, 0.05) is 18.7 Å². The van der Waals surface area contributed by atoms with Crippen LogP contribution in [0.4, 0.5) is 0 Å². The Morgan fingerprint density at radius 2 is 2.54 bits per heavy atom. The van der Waals surface area contributed by atoms with Crippen molar-refractivity contribution in [1.29, 1.82) is 0 Å². The number of thiazole rings is 1. The van der Waals surface area contributed by atoms with E-state index in [2.05, 4.69) is 4.98 Å². The SMILES string of the molecule is CC(=O)OC(N)Cc1cscn1.Cl. The van der Waals surface area contributed by atoms with Gasteiger partial charge in [-0.3, -0.25) is 10.5 Å². The van der Waals surface area contributed by atoms with Crippen LogP contribution >= 0.6 is 23.7 Å². The average molecular weight is 223 g/mol. The van der Waals surface area contributed by atoms with Gasteiger partial charge in [0.2, 0.25) is 0 Å². The maximum Gasteiger partial charge on any atom is 0.304 e. The third-order valence-corrected chi connectivity index (χ3v) is 1.85. The van der Waals surface area contributed by atoms with E-state index in [1.807, 2.05) is 5.38 Å². The molecule has 0 saturated heterocycles. The smallest absolute Gasteiger partial charge is 0.304 e. The van der Waals surface area contributed by atoms with Crippen molar-refractivity contribution >= 4 is 29.7 Å². The number of nitrogens with zero attached hydrogens (tertiary/aromatic N) is 1. The lowest BCUT2D eigenvalue weighted by molar-refractivity contribution is -0.145. The highest BCUT2D eigenvalue weighted by molar-refractivity contribution is 7.07. The van der Waals surface area contributed by atoms with Crippen LogP contribution in [0, 0.1) is 0 Å². The predicted octanol–water partition coefficient (Wildman–Crippen LogP) is 0.955. The highest BCUT2D eigenvalue weighted by atomic mass is 35.5. The van der Waals surface area contributed by atoms with E-state index in [1.165, 1.54) is 18.3 Å². The molecule has 74 valence electrons. The van der Waals surface area contributed by atoms with E-state index in [0.29, 0.717) is 6.42 Å². The summed E-state index contributed by atoms with van der Waals surface area (Å²) in [5.74, 6) is -0.363. The van der Waals surface area contributed by atoms with E-state index in [9.17, 15) is 4.79 Å². The lowest BCUT2D eigenvalue weighted by atomic mass is 10.3. The zero-order valence-electron chi connectivity index (χ0n) is 7.10. The third-order valence-electron chi connectivity index (χ3n) is 1.21. The second-order valence-corrected chi connectivity index (χ2v) is 3.05. The van der Waals surface area contributed by atoms with Gasteiger partial charge in [-0.05, 0) is 0 Å². The van der Waals surface area contributed by atoms with Crippen molar-refractivity contribution < 1.29 is 9.53 Å². The van der Waals surface area contributed by atoms with E-state index in [1.54, 1.807) is 5.51 Å². The summed E-state index contributed by atoms with van der Waals surface area (Å²) in [6.07, 6.45) is -0.104. The molecule has 0 radical (unpaired) electrons. The zero-order valence-corrected chi connectivity index (χ0v) is 8.73. The van der Waals surface area contributed by atoms with Gasteiger partial charge in [-0.15, -0.1) is 23.7 Å². The molecule has 1 unspecified atom stereocenters. The molecule has 13 heavy (non-hydrogen) atoms. The fourth-order valence-corrected chi connectivity index (χ4v) is 1.37. The number of rotatable bonds is 3. The predicted molar refractivity (Wildman–Crippen MR) is 52.8 cm³/mol. The van der Waals surface area contributed by atoms with Crippen molar-refractivity contribution in [2.75, 3.05) is 0 Å². The van der Waals surface area contributed by atoms with Crippen LogP contribution in [-0.4, -0.2) is 17.2 Å². The molecule has 0 fully saturated rings. The second kappa shape index (κ2) is 5.90. The van der Waals surface area contributed by atoms with Crippen LogP contribution in [0.15, 0.2) is 10.9 Å². The van der Waals surface area contributed by atoms with Crippen LogP contribution in [0.1, 0.15) is 12.6 Å². The summed E-state index contributed by atoms with van der Waals surface area (Å²) in [4.78, 5) is 14.5. The summed E-state index contributed by atoms with van der Waals surface area (Å²) in [5.41, 5.74) is 8.06. The molecule has 0 amide bonds. The van der Waals surface area contributed by atoms with Crippen LogP contribution in [0.25, 0.3) is 0 Å². The fourth-order valence-electron chi connectivity index (χ4n) is 0.799. The van der Waals surface area contributed by atoms with Gasteiger partial charge in [0.15, 0.2) is 6.23 Å². The first kappa shape index (κ1) is 12.3. The molecule has 6 heteroatoms. The van der Waals surface area contributed by atoms with E-state index < -0.39 is 6.23 Å². The molecule has 1 rings (SSSR count). The average Bonchev–Trinajstić information content (AvgIpc) is 2.37. The van der Waals surface area contributed by atoms with Crippen LogP contribution in [0.3, 0.4) is 0 Å². The van der Waals surface area contributed by atoms with Crippen molar-refractivity contribution in [3.63, 3.8) is 0 Å². The lowest BCUT2D eigenvalue weighted by Gasteiger charge is -2.09. The van der Waals surface area contributed by atoms with Crippen molar-refractivity contribution in [2.45, 2.75) is 19.6 Å². The third kappa shape index (κ3) is 4.82. The number of ether oxygens (including phenoxy) is 1. The van der Waals surface area contributed by atoms with Gasteiger partial charge in [-0.25, -0.2) is 4.98 Å². The summed E-state index contributed by atoms with van der Waals surface area (Å²) in [5, 5.41) is 1.88. The first-order valence-corrected chi connectivity index (χ1v) is 4.42. The molecule has 0 aliphatic carbocycles. The lowest BCUT2D eigenvalue weighted by Crippen LogP contribution is -2.28. The Balaban J connectivity index is 0.00000144. The van der Waals surface area contributed by atoms with E-state index in [4.69, 9.17) is 10.5 Å². The number of carbonyl (C=O) groups excluding carboxylic acids is 1. The monoisotopic (exact) mass is 222 g/mol. The molecule has 4 nitrogen and oxygen atoms in total. The Bertz CT molecular complexity index is 253. The molecule has 1 heterocycles. The number of esters is 1. The normalized spacial score (nSPS) is 11.5. The Morgan fingerprint density at radius 1 is 1.85 bits per heavy atom. The molecule has 1 aromatic heterocycles. The summed E-state index contributed by atoms with van der Waals surface area (Å²) in [6, 6.07) is 0. The maximum atomic E-state index is 10.5. The van der Waals surface area contributed by atoms with Gasteiger partial charge < -0.3 is 4.74 Å². The zero-order chi connectivity index (χ0) is 8.97.